The first kappa shape index (κ1) is 8.74. The predicted molar refractivity (Wildman–Crippen MR) is 51.6 cm³/mol. The fraction of sp³-hybridized carbons (Fsp3) is 0.200. The van der Waals surface area contributed by atoms with E-state index in [1.54, 1.807) is 31.0 Å². The van der Waals surface area contributed by atoms with Crippen LogP contribution in [-0.2, 0) is 6.42 Å². The van der Waals surface area contributed by atoms with Crippen molar-refractivity contribution in [2.45, 2.75) is 13.3 Å². The Morgan fingerprint density at radius 2 is 1.79 bits per heavy atom. The van der Waals surface area contributed by atoms with E-state index < -0.39 is 0 Å². The Hall–Kier alpha value is -1.84. The molecule has 2 aromatic heterocycles. The fourth-order valence-corrected chi connectivity index (χ4v) is 1.12. The number of aryl methyl sites for hydroxylation is 1. The number of hydrogen-bond acceptors (Lipinski definition) is 4. The van der Waals surface area contributed by atoms with E-state index in [4.69, 9.17) is 0 Å². The van der Waals surface area contributed by atoms with Gasteiger partial charge in [-0.15, -0.1) is 0 Å². The van der Waals surface area contributed by atoms with Crippen LogP contribution in [0, 0.1) is 6.92 Å². The maximum absolute atomic E-state index is 4.24. The topological polar surface area (TPSA) is 51.6 Å². The van der Waals surface area contributed by atoms with Crippen LogP contribution in [0.3, 0.4) is 0 Å². The van der Waals surface area contributed by atoms with Crippen LogP contribution in [-0.4, -0.2) is 19.9 Å². The second-order valence-electron chi connectivity index (χ2n) is 3.02. The van der Waals surface area contributed by atoms with E-state index in [1.165, 1.54) is 0 Å². The summed E-state index contributed by atoms with van der Waals surface area (Å²) in [7, 11) is 0. The van der Waals surface area contributed by atoms with Crippen molar-refractivity contribution >= 4 is 0 Å². The zero-order chi connectivity index (χ0) is 9.80. The Kier molecular flexibility index (Phi) is 2.44. The van der Waals surface area contributed by atoms with Crippen LogP contribution < -0.4 is 0 Å². The molecule has 0 aromatic carbocycles. The van der Waals surface area contributed by atoms with Gasteiger partial charge in [0, 0.05) is 37.4 Å². The minimum absolute atomic E-state index is 0.682. The molecule has 0 saturated carbocycles. The molecule has 0 aliphatic rings. The summed E-state index contributed by atoms with van der Waals surface area (Å²) in [5.41, 5.74) is 2.75. The lowest BCUT2D eigenvalue weighted by molar-refractivity contribution is 0.953. The van der Waals surface area contributed by atoms with E-state index in [9.17, 15) is 0 Å². The first-order valence-electron chi connectivity index (χ1n) is 4.37. The Bertz CT molecular complexity index is 396. The second-order valence-corrected chi connectivity index (χ2v) is 3.02. The van der Waals surface area contributed by atoms with Gasteiger partial charge in [-0.2, -0.15) is 0 Å². The molecule has 0 saturated heterocycles. The van der Waals surface area contributed by atoms with E-state index >= 15 is 0 Å². The van der Waals surface area contributed by atoms with Crippen molar-refractivity contribution in [2.75, 3.05) is 0 Å². The smallest absolute Gasteiger partial charge is 0.0647 e. The minimum atomic E-state index is 0.682. The van der Waals surface area contributed by atoms with E-state index in [2.05, 4.69) is 19.9 Å². The molecule has 0 fully saturated rings. The summed E-state index contributed by atoms with van der Waals surface area (Å²) in [6.45, 7) is 1.92. The fourth-order valence-electron chi connectivity index (χ4n) is 1.12. The van der Waals surface area contributed by atoms with Crippen LogP contribution in [0.4, 0.5) is 0 Å². The maximum Gasteiger partial charge on any atom is 0.0647 e. The highest BCUT2D eigenvalue weighted by Gasteiger charge is 1.98. The summed E-state index contributed by atoms with van der Waals surface area (Å²) >= 11 is 0. The van der Waals surface area contributed by atoms with Crippen LogP contribution in [0.1, 0.15) is 17.1 Å². The zero-order valence-electron chi connectivity index (χ0n) is 7.88. The van der Waals surface area contributed by atoms with Crippen molar-refractivity contribution in [1.82, 2.24) is 19.9 Å². The van der Waals surface area contributed by atoms with Crippen LogP contribution in [0.15, 0.2) is 31.0 Å². The van der Waals surface area contributed by atoms with Crippen molar-refractivity contribution in [1.29, 1.82) is 0 Å². The molecule has 0 unspecified atom stereocenters. The summed E-state index contributed by atoms with van der Waals surface area (Å²) < 4.78 is 0. The van der Waals surface area contributed by atoms with E-state index in [0.717, 1.165) is 17.1 Å². The van der Waals surface area contributed by atoms with Crippen LogP contribution in [0.2, 0.25) is 0 Å². The molecule has 70 valence electrons. The monoisotopic (exact) mass is 186 g/mol. The lowest BCUT2D eigenvalue weighted by Gasteiger charge is -1.98. The highest BCUT2D eigenvalue weighted by atomic mass is 14.8. The third kappa shape index (κ3) is 2.10. The number of nitrogens with zero attached hydrogens (tertiary/aromatic N) is 4. The SMILES string of the molecule is Cc1cnc(Cc2cnccn2)cn1. The van der Waals surface area contributed by atoms with Gasteiger partial charge in [0.1, 0.15) is 0 Å². The molecule has 0 aliphatic carbocycles. The standard InChI is InChI=1S/C10H10N4/c1-8-5-14-10(7-13-8)4-9-6-11-2-3-12-9/h2-3,5-7H,4H2,1H3. The van der Waals surface area contributed by atoms with Gasteiger partial charge in [0.25, 0.3) is 0 Å². The van der Waals surface area contributed by atoms with Crippen molar-refractivity contribution in [2.24, 2.45) is 0 Å². The lowest BCUT2D eigenvalue weighted by Crippen LogP contribution is -1.96. The number of rotatable bonds is 2. The highest BCUT2D eigenvalue weighted by Crippen LogP contribution is 2.01. The number of hydrogen-bond donors (Lipinski definition) is 0. The third-order valence-corrected chi connectivity index (χ3v) is 1.81. The van der Waals surface area contributed by atoms with Gasteiger partial charge in [0.2, 0.25) is 0 Å². The van der Waals surface area contributed by atoms with Gasteiger partial charge >= 0.3 is 0 Å². The first-order chi connectivity index (χ1) is 6.84. The maximum atomic E-state index is 4.24. The van der Waals surface area contributed by atoms with E-state index in [-0.39, 0.29) is 0 Å². The average molecular weight is 186 g/mol. The summed E-state index contributed by atoms with van der Waals surface area (Å²) in [4.78, 5) is 16.6. The molecule has 2 rings (SSSR count). The van der Waals surface area contributed by atoms with Crippen molar-refractivity contribution in [3.8, 4) is 0 Å². The molecule has 4 nitrogen and oxygen atoms in total. The predicted octanol–water partition coefficient (Wildman–Crippen LogP) is 1.17. The normalized spacial score (nSPS) is 10.1. The van der Waals surface area contributed by atoms with Crippen molar-refractivity contribution in [3.63, 3.8) is 0 Å². The van der Waals surface area contributed by atoms with E-state index in [1.807, 2.05) is 6.92 Å². The van der Waals surface area contributed by atoms with Crippen LogP contribution in [0.5, 0.6) is 0 Å². The zero-order valence-corrected chi connectivity index (χ0v) is 7.88. The van der Waals surface area contributed by atoms with Gasteiger partial charge in [0.15, 0.2) is 0 Å². The highest BCUT2D eigenvalue weighted by molar-refractivity contribution is 5.09. The Morgan fingerprint density at radius 1 is 0.929 bits per heavy atom. The second kappa shape index (κ2) is 3.91. The molecule has 0 N–H and O–H groups in total. The summed E-state index contributed by atoms with van der Waals surface area (Å²) in [6.07, 6.45) is 9.28. The van der Waals surface area contributed by atoms with Gasteiger partial charge in [-0.3, -0.25) is 19.9 Å². The van der Waals surface area contributed by atoms with Crippen molar-refractivity contribution in [3.05, 3.63) is 48.1 Å². The van der Waals surface area contributed by atoms with Gasteiger partial charge in [-0.25, -0.2) is 0 Å². The molecule has 2 heterocycles. The Morgan fingerprint density at radius 3 is 2.43 bits per heavy atom. The molecule has 0 bridgehead atoms. The van der Waals surface area contributed by atoms with E-state index in [0.29, 0.717) is 6.42 Å². The molecule has 2 aromatic rings. The molecule has 0 amide bonds. The molecule has 0 radical (unpaired) electrons. The molecule has 0 atom stereocenters. The third-order valence-electron chi connectivity index (χ3n) is 1.81. The summed E-state index contributed by atoms with van der Waals surface area (Å²) in [5.74, 6) is 0. The van der Waals surface area contributed by atoms with Crippen molar-refractivity contribution < 1.29 is 0 Å². The van der Waals surface area contributed by atoms with Gasteiger partial charge < -0.3 is 0 Å². The average Bonchev–Trinajstić information content (AvgIpc) is 2.23. The molecule has 4 heteroatoms. The van der Waals surface area contributed by atoms with Gasteiger partial charge in [0.05, 0.1) is 17.1 Å². The quantitative estimate of drug-likeness (QED) is 0.706. The minimum Gasteiger partial charge on any atom is -0.261 e. The Balaban J connectivity index is 2.16. The first-order valence-corrected chi connectivity index (χ1v) is 4.37. The molecule has 14 heavy (non-hydrogen) atoms. The molecule has 0 spiro atoms. The van der Waals surface area contributed by atoms with Crippen LogP contribution >= 0.6 is 0 Å². The van der Waals surface area contributed by atoms with Crippen LogP contribution in [0.25, 0.3) is 0 Å². The Labute approximate surface area is 82.1 Å². The number of aromatic nitrogens is 4. The molecule has 0 aliphatic heterocycles. The van der Waals surface area contributed by atoms with Gasteiger partial charge in [-0.05, 0) is 6.92 Å². The largest absolute Gasteiger partial charge is 0.261 e. The summed E-state index contributed by atoms with van der Waals surface area (Å²) in [5, 5.41) is 0. The molecular formula is C10H10N4. The molecular weight excluding hydrogens is 176 g/mol. The summed E-state index contributed by atoms with van der Waals surface area (Å²) in [6, 6.07) is 0. The van der Waals surface area contributed by atoms with Gasteiger partial charge in [-0.1, -0.05) is 0 Å². The lowest BCUT2D eigenvalue weighted by atomic mass is 10.2.